The standard InChI is InChI=1S/C49H67N11O16.Ga/c61-40(28-57-17-5-18-59(30-43(66)67)23-24-60(31-44(68)69)20-6-19-58(22-21-57)29-42(64)65)56-55-39-14-12-35(27-51-39)45(70)52-38(26-32-10-11-33-7-1-2-8-34(33)25-32)46(71)50-16-4-3-9-36(47(72)73)53-49(76)54-37(48(74)75)13-15-41(62)63;/h1-2,7-8,10-12,14,25,27,36-38H,3-6,9,13,15-24,26,28-31H2,(H,50,71)(H,51,55)(H,52,70)(H,56,61)(H,62,63)(H,64,65)(H,66,67)(H,68,69)(H,72,73)(H,74,75)(H2,53,54,76);/q;+3/p-3. The molecule has 3 aliphatic rings. The minimum atomic E-state index is -4.05. The molecule has 0 saturated carbocycles. The maximum absolute atomic E-state index is 13.7. The number of nitrogens with zero attached hydrogens (tertiary/aromatic N) is 5. The van der Waals surface area contributed by atoms with Crippen molar-refractivity contribution in [2.45, 2.75) is 69.5 Å². The molecule has 3 aliphatic heterocycles. The Kier molecular flexibility index (Phi) is 22.8. The summed E-state index contributed by atoms with van der Waals surface area (Å²) in [5.41, 5.74) is 6.27. The van der Waals surface area contributed by atoms with Crippen LogP contribution in [0.5, 0.6) is 0 Å². The molecule has 0 spiro atoms. The summed E-state index contributed by atoms with van der Waals surface area (Å²) in [5, 5.41) is 39.6. The maximum atomic E-state index is 13.7. The third-order valence-electron chi connectivity index (χ3n) is 12.8. The molecule has 1 aromatic heterocycles. The van der Waals surface area contributed by atoms with E-state index in [0.717, 1.165) is 16.3 Å². The van der Waals surface area contributed by atoms with Gasteiger partial charge in [0.1, 0.15) is 18.1 Å². The van der Waals surface area contributed by atoms with Gasteiger partial charge in [0.05, 0.1) is 5.56 Å². The number of rotatable bonds is 21. The third kappa shape index (κ3) is 20.3. The van der Waals surface area contributed by atoms with E-state index in [-0.39, 0.29) is 69.8 Å². The molecule has 4 bridgehead atoms. The van der Waals surface area contributed by atoms with Crippen molar-refractivity contribution in [3.63, 3.8) is 0 Å². The molecule has 0 aliphatic carbocycles. The smallest absolute Gasteiger partial charge is 0.326 e. The molecule has 3 aromatic rings. The van der Waals surface area contributed by atoms with Gasteiger partial charge < -0.3 is 36.6 Å². The fourth-order valence-corrected chi connectivity index (χ4v) is 10.8. The van der Waals surface area contributed by atoms with Gasteiger partial charge in [-0.25, -0.2) is 19.4 Å². The summed E-state index contributed by atoms with van der Waals surface area (Å²) in [6.45, 7) is 3.59. The van der Waals surface area contributed by atoms with Crippen LogP contribution in [0, 0.1) is 0 Å². The fraction of sp³-hybridized carbons (Fsp3) is 0.490. The first-order valence-electron chi connectivity index (χ1n) is 25.3. The first-order chi connectivity index (χ1) is 37.0. The zero-order valence-electron chi connectivity index (χ0n) is 42.3. The second-order valence-corrected chi connectivity index (χ2v) is 21.4. The fourth-order valence-electron chi connectivity index (χ4n) is 8.71. The summed E-state index contributed by atoms with van der Waals surface area (Å²) in [4.78, 5) is 138. The van der Waals surface area contributed by atoms with E-state index in [0.29, 0.717) is 65.2 Å². The minimum absolute atomic E-state index is 0.0198. The van der Waals surface area contributed by atoms with E-state index in [4.69, 9.17) is 15.7 Å². The number of hydrogen-bond acceptors (Lipinski definition) is 19. The van der Waals surface area contributed by atoms with Crippen LogP contribution in [0.3, 0.4) is 0 Å². The number of urea groups is 1. The van der Waals surface area contributed by atoms with Gasteiger partial charge in [0.25, 0.3) is 5.91 Å². The van der Waals surface area contributed by atoms with Gasteiger partial charge in [0.2, 0.25) is 5.91 Å². The Bertz CT molecular complexity index is 2600. The van der Waals surface area contributed by atoms with Crippen molar-refractivity contribution < 1.29 is 73.9 Å². The largest absolute Gasteiger partial charge is 0.480 e. The third-order valence-corrected chi connectivity index (χ3v) is 15.6. The predicted molar refractivity (Wildman–Crippen MR) is 272 cm³/mol. The van der Waals surface area contributed by atoms with Crippen LogP contribution >= 0.6 is 0 Å². The topological polar surface area (TPSA) is 357 Å². The molecule has 28 heteroatoms. The normalized spacial score (nSPS) is 19.7. The number of carboxylic acid groups (broad SMARTS) is 3. The number of carboxylic acids is 3. The van der Waals surface area contributed by atoms with Crippen LogP contribution in [0.2, 0.25) is 0 Å². The molecule has 6 atom stereocenters. The minimum Gasteiger partial charge on any atom is -0.480 e. The van der Waals surface area contributed by atoms with Gasteiger partial charge in [0.15, 0.2) is 0 Å². The van der Waals surface area contributed by atoms with Gasteiger partial charge in [-0.2, -0.15) is 0 Å². The van der Waals surface area contributed by atoms with E-state index >= 15 is 0 Å². The number of carbonyl (C=O) groups excluding carboxylic acids is 7. The van der Waals surface area contributed by atoms with E-state index in [1.54, 1.807) is 0 Å². The number of nitrogens with one attached hydrogen (secondary N) is 6. The molecule has 2 aromatic carbocycles. The molecule has 5 amide bonds. The summed E-state index contributed by atoms with van der Waals surface area (Å²) in [5.74, 6) is -7.41. The molecular weight excluding hydrogens is 1070 g/mol. The predicted octanol–water partition coefficient (Wildman–Crippen LogP) is -0.981. The Labute approximate surface area is 448 Å². The zero-order valence-corrected chi connectivity index (χ0v) is 44.7. The monoisotopic (exact) mass is 1130 g/mol. The first kappa shape index (κ1) is 58.9. The van der Waals surface area contributed by atoms with E-state index in [1.165, 1.54) is 18.3 Å². The first-order valence-corrected chi connectivity index (χ1v) is 28.2. The number of pyridine rings is 1. The molecule has 6 unspecified atom stereocenters. The Balaban J connectivity index is 1.02. The number of hydrogen-bond donors (Lipinski definition) is 9. The molecule has 6 rings (SSSR count). The van der Waals surface area contributed by atoms with Crippen LogP contribution in [0.15, 0.2) is 60.8 Å². The van der Waals surface area contributed by atoms with Crippen molar-refractivity contribution in [2.75, 3.05) is 90.5 Å². The number of unbranched alkanes of at least 4 members (excludes halogenated alkanes) is 1. The number of fused-ring (bicyclic) bond motifs is 9. The molecule has 3 saturated heterocycles. The van der Waals surface area contributed by atoms with E-state index < -0.39 is 108 Å². The number of amides is 5. The van der Waals surface area contributed by atoms with E-state index in [1.807, 2.05) is 62.1 Å². The van der Waals surface area contributed by atoms with Crippen molar-refractivity contribution in [3.05, 3.63) is 71.9 Å². The molecule has 0 radical (unpaired) electrons. The van der Waals surface area contributed by atoms with Crippen molar-refractivity contribution in [1.82, 2.24) is 51.3 Å². The summed E-state index contributed by atoms with van der Waals surface area (Å²) >= 11 is -4.05. The quantitative estimate of drug-likeness (QED) is 0.0352. The molecular formula is C49H64GaN11O16. The number of carbonyl (C=O) groups is 10. The Morgan fingerprint density at radius 1 is 0.649 bits per heavy atom. The van der Waals surface area contributed by atoms with Crippen molar-refractivity contribution in [3.8, 4) is 0 Å². The molecule has 27 nitrogen and oxygen atoms in total. The van der Waals surface area contributed by atoms with Gasteiger partial charge >= 0.3 is 222 Å². The number of aliphatic carboxylic acids is 3. The van der Waals surface area contributed by atoms with Crippen LogP contribution in [-0.2, 0) is 55.4 Å². The molecule has 3 fully saturated rings. The summed E-state index contributed by atoms with van der Waals surface area (Å²) < 4.78 is 16.3. The number of hydrazine groups is 1. The summed E-state index contributed by atoms with van der Waals surface area (Å²) in [6.07, 6.45) is 2.01. The van der Waals surface area contributed by atoms with Gasteiger partial charge in [-0.1, -0.05) is 42.5 Å². The Hall–Kier alpha value is -7.37. The summed E-state index contributed by atoms with van der Waals surface area (Å²) in [7, 11) is 0. The number of anilines is 1. The Morgan fingerprint density at radius 3 is 1.84 bits per heavy atom. The van der Waals surface area contributed by atoms with Crippen LogP contribution < -0.4 is 32.1 Å². The molecule has 9 N–H and O–H groups in total. The van der Waals surface area contributed by atoms with Crippen LogP contribution in [-0.4, -0.2) is 220 Å². The second kappa shape index (κ2) is 29.8. The SMILES string of the molecule is O=C(O)CCC(NC(=O)NC(CCCCNC(=O)C(Cc1ccc2ccccc2c1)NC(=O)c1ccc(NNC(=O)CN2CCCN3CCN4CCCN(CC2)CC(=O)[O][Ga]([O]C(=O)C3)[O]C(=O)C4)nc1)C(=O)O)C(=O)O. The van der Waals surface area contributed by atoms with Crippen molar-refractivity contribution in [1.29, 1.82) is 0 Å². The number of aromatic nitrogens is 1. The van der Waals surface area contributed by atoms with Crippen LogP contribution in [0.25, 0.3) is 10.8 Å². The molecule has 4 heterocycles. The van der Waals surface area contributed by atoms with Gasteiger partial charge in [-0.15, -0.1) is 0 Å². The van der Waals surface area contributed by atoms with Crippen LogP contribution in [0.4, 0.5) is 10.6 Å². The van der Waals surface area contributed by atoms with Gasteiger partial charge in [-0.05, 0) is 54.2 Å². The average Bonchev–Trinajstić information content (AvgIpc) is 3.40. The van der Waals surface area contributed by atoms with Crippen LogP contribution in [0.1, 0.15) is 60.9 Å². The molecule has 414 valence electrons. The number of benzene rings is 2. The van der Waals surface area contributed by atoms with Crippen molar-refractivity contribution >= 4 is 93.5 Å². The second-order valence-electron chi connectivity index (χ2n) is 18.7. The Morgan fingerprint density at radius 2 is 1.25 bits per heavy atom. The maximum Gasteiger partial charge on any atom is 0.326 e. The zero-order chi connectivity index (χ0) is 55.3. The molecule has 77 heavy (non-hydrogen) atoms. The average molecular weight is 1130 g/mol. The van der Waals surface area contributed by atoms with Gasteiger partial charge in [-0.3, -0.25) is 14.4 Å². The van der Waals surface area contributed by atoms with Crippen molar-refractivity contribution in [2.24, 2.45) is 0 Å². The van der Waals surface area contributed by atoms with Gasteiger partial charge in [0, 0.05) is 25.6 Å². The summed E-state index contributed by atoms with van der Waals surface area (Å²) in [6, 6.07) is 11.1. The van der Waals surface area contributed by atoms with E-state index in [2.05, 4.69) is 37.1 Å². The van der Waals surface area contributed by atoms with E-state index in [9.17, 15) is 58.2 Å².